The average Bonchev–Trinajstić information content (AvgIpc) is 3.57. The summed E-state index contributed by atoms with van der Waals surface area (Å²) in [6.07, 6.45) is 4.83. The van der Waals surface area contributed by atoms with Crippen LogP contribution >= 0.6 is 0 Å². The highest BCUT2D eigenvalue weighted by Gasteiger charge is 2.28. The molecule has 1 aliphatic rings. The lowest BCUT2D eigenvalue weighted by Gasteiger charge is -2.24. The van der Waals surface area contributed by atoms with E-state index in [1.54, 1.807) is 18.3 Å². The van der Waals surface area contributed by atoms with Gasteiger partial charge >= 0.3 is 0 Å². The summed E-state index contributed by atoms with van der Waals surface area (Å²) in [5, 5.41) is 7.30. The number of ether oxygens (including phenoxy) is 2. The fourth-order valence-corrected chi connectivity index (χ4v) is 4.89. The number of para-hydroxylation sites is 1. The predicted molar refractivity (Wildman–Crippen MR) is 146 cm³/mol. The summed E-state index contributed by atoms with van der Waals surface area (Å²) in [5.41, 5.74) is 2.39. The van der Waals surface area contributed by atoms with Gasteiger partial charge in [0.15, 0.2) is 11.5 Å². The molecule has 0 aliphatic carbocycles. The van der Waals surface area contributed by atoms with Crippen molar-refractivity contribution in [3.8, 4) is 11.5 Å². The number of hydrogen-bond acceptors (Lipinski definition) is 5. The molecule has 5 rings (SSSR count). The summed E-state index contributed by atoms with van der Waals surface area (Å²) < 4.78 is 12.7. The molecule has 9 heteroatoms. The molecule has 9 nitrogen and oxygen atoms in total. The summed E-state index contributed by atoms with van der Waals surface area (Å²) in [4.78, 5) is 43.2. The topological polar surface area (TPSA) is 114 Å². The van der Waals surface area contributed by atoms with Crippen LogP contribution < -0.4 is 25.5 Å². The molecule has 4 aromatic rings. The van der Waals surface area contributed by atoms with Gasteiger partial charge in [0.2, 0.25) is 18.1 Å². The Bertz CT molecular complexity index is 1570. The van der Waals surface area contributed by atoms with Crippen molar-refractivity contribution in [2.45, 2.75) is 46.2 Å². The van der Waals surface area contributed by atoms with Crippen molar-refractivity contribution in [2.75, 3.05) is 13.3 Å². The van der Waals surface area contributed by atoms with Crippen LogP contribution in [0.3, 0.4) is 0 Å². The summed E-state index contributed by atoms with van der Waals surface area (Å²) in [6, 6.07) is 10.6. The first-order chi connectivity index (χ1) is 18.4. The van der Waals surface area contributed by atoms with Gasteiger partial charge in [-0.2, -0.15) is 0 Å². The second kappa shape index (κ2) is 10.6. The first kappa shape index (κ1) is 25.4. The summed E-state index contributed by atoms with van der Waals surface area (Å²) in [6.45, 7) is 6.86. The van der Waals surface area contributed by atoms with Crippen LogP contribution in [0.15, 0.2) is 53.6 Å². The van der Waals surface area contributed by atoms with Crippen molar-refractivity contribution in [1.82, 2.24) is 20.2 Å². The van der Waals surface area contributed by atoms with Gasteiger partial charge in [-0.3, -0.25) is 14.4 Å². The van der Waals surface area contributed by atoms with E-state index in [1.807, 2.05) is 55.8 Å². The molecule has 2 amide bonds. The minimum Gasteiger partial charge on any atom is -0.454 e. The molecular weight excluding hydrogens is 484 g/mol. The number of nitrogens with zero attached hydrogens (tertiary/aromatic N) is 1. The van der Waals surface area contributed by atoms with Crippen LogP contribution in [0.25, 0.3) is 21.8 Å². The zero-order valence-electron chi connectivity index (χ0n) is 21.8. The van der Waals surface area contributed by atoms with Crippen LogP contribution in [0, 0.1) is 5.92 Å². The standard InChI is InChI=1S/C29H32N4O5/c1-4-17(3)26(29(36)30-11-10-18-14-31-22-9-7-6-8-19(18)22)32-28(35)21-15-33(5-2)23-13-25-24(37-16-38-25)12-20(23)27(21)34/h6-9,12-15,17,26,31H,4-5,10-11,16H2,1-3H3,(H,30,36)(H,32,35). The Labute approximate surface area is 220 Å². The van der Waals surface area contributed by atoms with Crippen LogP contribution in [-0.2, 0) is 17.8 Å². The highest BCUT2D eigenvalue weighted by molar-refractivity contribution is 6.00. The van der Waals surface area contributed by atoms with Crippen molar-refractivity contribution in [3.63, 3.8) is 0 Å². The third-order valence-electron chi connectivity index (χ3n) is 7.31. The van der Waals surface area contributed by atoms with E-state index in [9.17, 15) is 14.4 Å². The van der Waals surface area contributed by atoms with E-state index in [0.29, 0.717) is 48.3 Å². The lowest BCUT2D eigenvalue weighted by Crippen LogP contribution is -2.51. The number of aromatic nitrogens is 2. The van der Waals surface area contributed by atoms with Crippen molar-refractivity contribution in [1.29, 1.82) is 0 Å². The maximum absolute atomic E-state index is 13.4. The molecule has 38 heavy (non-hydrogen) atoms. The Morgan fingerprint density at radius 1 is 1.11 bits per heavy atom. The number of carbonyl (C=O) groups excluding carboxylic acids is 2. The number of amides is 2. The molecule has 1 aliphatic heterocycles. The van der Waals surface area contributed by atoms with E-state index < -0.39 is 17.4 Å². The molecule has 0 bridgehead atoms. The van der Waals surface area contributed by atoms with E-state index in [4.69, 9.17) is 9.47 Å². The Morgan fingerprint density at radius 3 is 2.63 bits per heavy atom. The van der Waals surface area contributed by atoms with Crippen molar-refractivity contribution < 1.29 is 19.1 Å². The number of H-pyrrole nitrogens is 1. The zero-order valence-corrected chi connectivity index (χ0v) is 21.8. The maximum Gasteiger partial charge on any atom is 0.257 e. The van der Waals surface area contributed by atoms with Crippen molar-refractivity contribution >= 4 is 33.6 Å². The third kappa shape index (κ3) is 4.71. The van der Waals surface area contributed by atoms with Crippen molar-refractivity contribution in [2.24, 2.45) is 5.92 Å². The first-order valence-electron chi connectivity index (χ1n) is 13.0. The molecule has 2 unspecified atom stereocenters. The summed E-state index contributed by atoms with van der Waals surface area (Å²) >= 11 is 0. The smallest absolute Gasteiger partial charge is 0.257 e. The van der Waals surface area contributed by atoms with Crippen LogP contribution in [0.4, 0.5) is 0 Å². The van der Waals surface area contributed by atoms with Gasteiger partial charge in [0.25, 0.3) is 5.91 Å². The minimum absolute atomic E-state index is 0.0156. The molecule has 2 aromatic carbocycles. The van der Waals surface area contributed by atoms with E-state index in [0.717, 1.165) is 16.5 Å². The van der Waals surface area contributed by atoms with E-state index in [1.165, 1.54) is 0 Å². The Hall–Kier alpha value is -4.27. The van der Waals surface area contributed by atoms with Gasteiger partial charge in [0, 0.05) is 42.5 Å². The van der Waals surface area contributed by atoms with Gasteiger partial charge in [0.1, 0.15) is 11.6 Å². The number of fused-ring (bicyclic) bond motifs is 3. The molecule has 0 spiro atoms. The molecule has 2 atom stereocenters. The van der Waals surface area contributed by atoms with Gasteiger partial charge in [-0.05, 0) is 37.0 Å². The van der Waals surface area contributed by atoms with Gasteiger partial charge in [-0.1, -0.05) is 38.5 Å². The number of benzene rings is 2. The molecule has 0 radical (unpaired) electrons. The average molecular weight is 517 g/mol. The molecule has 3 heterocycles. The van der Waals surface area contributed by atoms with Gasteiger partial charge in [-0.25, -0.2) is 0 Å². The van der Waals surface area contributed by atoms with Crippen LogP contribution in [0.5, 0.6) is 11.5 Å². The number of hydrogen-bond donors (Lipinski definition) is 3. The van der Waals surface area contributed by atoms with Crippen LogP contribution in [0.2, 0.25) is 0 Å². The van der Waals surface area contributed by atoms with E-state index >= 15 is 0 Å². The maximum atomic E-state index is 13.4. The summed E-state index contributed by atoms with van der Waals surface area (Å²) in [5.74, 6) is 0.0652. The van der Waals surface area contributed by atoms with Crippen LogP contribution in [-0.4, -0.2) is 40.7 Å². The molecule has 0 fully saturated rings. The number of aromatic amines is 1. The number of nitrogens with one attached hydrogen (secondary N) is 3. The molecule has 0 saturated carbocycles. The van der Waals surface area contributed by atoms with Crippen molar-refractivity contribution in [3.05, 3.63) is 70.1 Å². The highest BCUT2D eigenvalue weighted by atomic mass is 16.7. The fraction of sp³-hybridized carbons (Fsp3) is 0.345. The molecule has 2 aromatic heterocycles. The minimum atomic E-state index is -0.780. The van der Waals surface area contributed by atoms with Gasteiger partial charge in [0.05, 0.1) is 10.9 Å². The molecule has 198 valence electrons. The van der Waals surface area contributed by atoms with Gasteiger partial charge < -0.3 is 29.7 Å². The first-order valence-corrected chi connectivity index (χ1v) is 13.0. The highest BCUT2D eigenvalue weighted by Crippen LogP contribution is 2.35. The fourth-order valence-electron chi connectivity index (χ4n) is 4.89. The Balaban J connectivity index is 1.34. The SMILES string of the molecule is CCC(C)C(NC(=O)c1cn(CC)c2cc3c(cc2c1=O)OCO3)C(=O)NCCc1c[nH]c2ccccc12. The third-order valence-corrected chi connectivity index (χ3v) is 7.31. The quantitative estimate of drug-likeness (QED) is 0.314. The monoisotopic (exact) mass is 516 g/mol. The normalized spacial score (nSPS) is 14.0. The van der Waals surface area contributed by atoms with Crippen LogP contribution in [0.1, 0.15) is 43.1 Å². The number of rotatable bonds is 9. The predicted octanol–water partition coefficient (Wildman–Crippen LogP) is 3.73. The number of carbonyl (C=O) groups is 2. The number of aryl methyl sites for hydroxylation is 1. The molecule has 0 saturated heterocycles. The Kier molecular flexibility index (Phi) is 7.09. The second-order valence-electron chi connectivity index (χ2n) is 9.62. The van der Waals surface area contributed by atoms with Gasteiger partial charge in [-0.15, -0.1) is 0 Å². The summed E-state index contributed by atoms with van der Waals surface area (Å²) in [7, 11) is 0. The molecule has 3 N–H and O–H groups in total. The zero-order chi connectivity index (χ0) is 26.8. The molecular formula is C29H32N4O5. The second-order valence-corrected chi connectivity index (χ2v) is 9.62. The van der Waals surface area contributed by atoms with E-state index in [-0.39, 0.29) is 24.2 Å². The van der Waals surface area contributed by atoms with E-state index in [2.05, 4.69) is 15.6 Å². The lowest BCUT2D eigenvalue weighted by atomic mass is 9.97. The Morgan fingerprint density at radius 2 is 1.87 bits per heavy atom. The lowest BCUT2D eigenvalue weighted by molar-refractivity contribution is -0.124. The number of pyridine rings is 1. The largest absolute Gasteiger partial charge is 0.454 e.